The fraction of sp³-hybridized carbons (Fsp3) is 0.167. The second kappa shape index (κ2) is 3.52. The second-order valence-corrected chi connectivity index (χ2v) is 3.08. The second-order valence-electron chi connectivity index (χ2n) is 2.29. The van der Waals surface area contributed by atoms with Crippen molar-refractivity contribution in [2.75, 3.05) is 11.5 Å². The van der Waals surface area contributed by atoms with Crippen LogP contribution in [0.15, 0.2) is 10.7 Å². The molecule has 0 radical (unpaired) electrons. The monoisotopic (exact) mass is 271 g/mol. The van der Waals surface area contributed by atoms with Crippen LogP contribution in [0.5, 0.6) is 5.75 Å². The van der Waals surface area contributed by atoms with Gasteiger partial charge in [0.2, 0.25) is 0 Å². The first kappa shape index (κ1) is 10.9. The van der Waals surface area contributed by atoms with Crippen LogP contribution in [0, 0.1) is 0 Å². The fourth-order valence-corrected chi connectivity index (χ4v) is 1.13. The molecule has 0 saturated carbocycles. The van der Waals surface area contributed by atoms with Gasteiger partial charge in [0.05, 0.1) is 11.9 Å². The first-order valence-electron chi connectivity index (χ1n) is 3.26. The molecule has 1 aromatic rings. The molecular weight excluding hydrogens is 267 g/mol. The Morgan fingerprint density at radius 3 is 2.43 bits per heavy atom. The van der Waals surface area contributed by atoms with Gasteiger partial charge >= 0.3 is 6.36 Å². The summed E-state index contributed by atoms with van der Waals surface area (Å²) in [5.41, 5.74) is 10.2. The molecular formula is C6H5BrF3N3O. The van der Waals surface area contributed by atoms with Gasteiger partial charge in [-0.15, -0.1) is 13.2 Å². The normalized spacial score (nSPS) is 11.4. The van der Waals surface area contributed by atoms with Gasteiger partial charge in [-0.3, -0.25) is 0 Å². The Balaban J connectivity index is 3.13. The minimum Gasteiger partial charge on any atom is -0.402 e. The van der Waals surface area contributed by atoms with E-state index in [9.17, 15) is 13.2 Å². The molecule has 0 bridgehead atoms. The maximum absolute atomic E-state index is 11.9. The summed E-state index contributed by atoms with van der Waals surface area (Å²) in [5, 5.41) is 0. The number of nitrogen functional groups attached to an aromatic ring is 2. The molecule has 14 heavy (non-hydrogen) atoms. The molecule has 0 aliphatic rings. The number of pyridine rings is 1. The van der Waals surface area contributed by atoms with Crippen molar-refractivity contribution in [3.05, 3.63) is 10.7 Å². The summed E-state index contributed by atoms with van der Waals surface area (Å²) in [4.78, 5) is 3.53. The molecule has 0 amide bonds. The summed E-state index contributed by atoms with van der Waals surface area (Å²) < 4.78 is 39.2. The van der Waals surface area contributed by atoms with Gasteiger partial charge < -0.3 is 16.2 Å². The Kier molecular flexibility index (Phi) is 2.74. The average Bonchev–Trinajstić information content (AvgIpc) is 2.04. The highest BCUT2D eigenvalue weighted by molar-refractivity contribution is 9.10. The van der Waals surface area contributed by atoms with E-state index in [1.54, 1.807) is 0 Å². The minimum absolute atomic E-state index is 0.116. The van der Waals surface area contributed by atoms with E-state index in [1.807, 2.05) is 0 Å². The van der Waals surface area contributed by atoms with Crippen LogP contribution in [-0.4, -0.2) is 11.3 Å². The van der Waals surface area contributed by atoms with Crippen molar-refractivity contribution in [1.29, 1.82) is 0 Å². The maximum Gasteiger partial charge on any atom is 0.573 e. The molecule has 0 atom stereocenters. The highest BCUT2D eigenvalue weighted by Gasteiger charge is 2.33. The van der Waals surface area contributed by atoms with E-state index in [0.717, 1.165) is 6.20 Å². The highest BCUT2D eigenvalue weighted by Crippen LogP contribution is 2.37. The number of hydrogen-bond acceptors (Lipinski definition) is 4. The third-order valence-electron chi connectivity index (χ3n) is 1.25. The third kappa shape index (κ3) is 2.41. The lowest BCUT2D eigenvalue weighted by molar-refractivity contribution is -0.274. The molecule has 0 saturated heterocycles. The summed E-state index contributed by atoms with van der Waals surface area (Å²) in [6, 6.07) is 0. The summed E-state index contributed by atoms with van der Waals surface area (Å²) in [6.45, 7) is 0. The topological polar surface area (TPSA) is 74.2 Å². The lowest BCUT2D eigenvalue weighted by Gasteiger charge is -2.12. The number of aromatic nitrogens is 1. The summed E-state index contributed by atoms with van der Waals surface area (Å²) in [6.07, 6.45) is -3.83. The van der Waals surface area contributed by atoms with E-state index < -0.39 is 12.1 Å². The number of nitrogens with two attached hydrogens (primary N) is 2. The van der Waals surface area contributed by atoms with Gasteiger partial charge in [0.25, 0.3) is 0 Å². The zero-order chi connectivity index (χ0) is 10.9. The number of ether oxygens (including phenoxy) is 1. The zero-order valence-electron chi connectivity index (χ0n) is 6.60. The molecule has 1 aromatic heterocycles. The number of hydrogen-bond donors (Lipinski definition) is 2. The van der Waals surface area contributed by atoms with Crippen LogP contribution < -0.4 is 16.2 Å². The van der Waals surface area contributed by atoms with Crippen LogP contribution in [0.3, 0.4) is 0 Å². The first-order chi connectivity index (χ1) is 6.31. The van der Waals surface area contributed by atoms with Crippen molar-refractivity contribution in [3.63, 3.8) is 0 Å². The van der Waals surface area contributed by atoms with Crippen molar-refractivity contribution in [2.45, 2.75) is 6.36 Å². The Labute approximate surface area is 85.2 Å². The number of anilines is 2. The minimum atomic E-state index is -4.82. The Morgan fingerprint density at radius 1 is 1.36 bits per heavy atom. The molecule has 0 fully saturated rings. The average molecular weight is 272 g/mol. The van der Waals surface area contributed by atoms with E-state index in [1.165, 1.54) is 0 Å². The van der Waals surface area contributed by atoms with Gasteiger partial charge in [-0.2, -0.15) is 0 Å². The van der Waals surface area contributed by atoms with Gasteiger partial charge in [0, 0.05) is 0 Å². The fourth-order valence-electron chi connectivity index (χ4n) is 0.717. The lowest BCUT2D eigenvalue weighted by atomic mass is 10.4. The summed E-state index contributed by atoms with van der Waals surface area (Å²) in [7, 11) is 0. The molecule has 78 valence electrons. The number of rotatable bonds is 1. The largest absolute Gasteiger partial charge is 0.573 e. The third-order valence-corrected chi connectivity index (χ3v) is 2.01. The van der Waals surface area contributed by atoms with Gasteiger partial charge in [-0.25, -0.2) is 4.98 Å². The first-order valence-corrected chi connectivity index (χ1v) is 4.06. The molecule has 4 nitrogen and oxygen atoms in total. The molecule has 1 heterocycles. The van der Waals surface area contributed by atoms with Crippen molar-refractivity contribution >= 4 is 27.4 Å². The standard InChI is InChI=1S/C6H5BrF3N3O/c7-3-4(14-6(8,9)10)2(11)1-13-5(3)12/h1H,11H2,(H2,12,13). The SMILES string of the molecule is Nc1cnc(N)c(Br)c1OC(F)(F)F. The van der Waals surface area contributed by atoms with E-state index in [2.05, 4.69) is 25.7 Å². The van der Waals surface area contributed by atoms with Crippen LogP contribution in [0.25, 0.3) is 0 Å². The zero-order valence-corrected chi connectivity index (χ0v) is 8.19. The Morgan fingerprint density at radius 2 is 1.93 bits per heavy atom. The lowest BCUT2D eigenvalue weighted by Crippen LogP contribution is -2.18. The van der Waals surface area contributed by atoms with E-state index >= 15 is 0 Å². The summed E-state index contributed by atoms with van der Waals surface area (Å²) in [5.74, 6) is -0.705. The van der Waals surface area contributed by atoms with Crippen LogP contribution in [-0.2, 0) is 0 Å². The van der Waals surface area contributed by atoms with Crippen LogP contribution in [0.4, 0.5) is 24.7 Å². The van der Waals surface area contributed by atoms with Crippen LogP contribution in [0.2, 0.25) is 0 Å². The van der Waals surface area contributed by atoms with Crippen molar-refractivity contribution in [2.24, 2.45) is 0 Å². The van der Waals surface area contributed by atoms with E-state index in [0.29, 0.717) is 0 Å². The highest BCUT2D eigenvalue weighted by atomic mass is 79.9. The Bertz CT molecular complexity index is 355. The number of halogens is 4. The van der Waals surface area contributed by atoms with Gasteiger partial charge in [0.15, 0.2) is 5.75 Å². The molecule has 4 N–H and O–H groups in total. The van der Waals surface area contributed by atoms with Crippen LogP contribution >= 0.6 is 15.9 Å². The molecule has 1 rings (SSSR count). The van der Waals surface area contributed by atoms with Crippen LogP contribution in [0.1, 0.15) is 0 Å². The number of nitrogens with zero attached hydrogens (tertiary/aromatic N) is 1. The van der Waals surface area contributed by atoms with Gasteiger partial charge in [-0.05, 0) is 15.9 Å². The summed E-state index contributed by atoms with van der Waals surface area (Å²) >= 11 is 2.79. The van der Waals surface area contributed by atoms with Crippen molar-refractivity contribution < 1.29 is 17.9 Å². The maximum atomic E-state index is 11.9. The predicted molar refractivity (Wildman–Crippen MR) is 47.4 cm³/mol. The Hall–Kier alpha value is -1.18. The molecule has 0 spiro atoms. The van der Waals surface area contributed by atoms with Gasteiger partial charge in [-0.1, -0.05) is 0 Å². The molecule has 8 heteroatoms. The molecule has 0 unspecified atom stereocenters. The molecule has 0 aliphatic heterocycles. The quantitative estimate of drug-likeness (QED) is 0.818. The predicted octanol–water partition coefficient (Wildman–Crippen LogP) is 1.91. The number of alkyl halides is 3. The van der Waals surface area contributed by atoms with E-state index in [4.69, 9.17) is 11.5 Å². The van der Waals surface area contributed by atoms with Gasteiger partial charge in [0.1, 0.15) is 10.3 Å². The van der Waals surface area contributed by atoms with Crippen molar-refractivity contribution in [1.82, 2.24) is 4.98 Å². The van der Waals surface area contributed by atoms with Crippen molar-refractivity contribution in [3.8, 4) is 5.75 Å². The smallest absolute Gasteiger partial charge is 0.402 e. The molecule has 0 aromatic carbocycles. The van der Waals surface area contributed by atoms with E-state index in [-0.39, 0.29) is 16.0 Å². The molecule has 0 aliphatic carbocycles.